The monoisotopic (exact) mass is 543 g/mol. The maximum Gasteiger partial charge on any atom is 0.410 e. The molecule has 1 atom stereocenters. The predicted molar refractivity (Wildman–Crippen MR) is 132 cm³/mol. The van der Waals surface area contributed by atoms with Crippen molar-refractivity contribution in [3.05, 3.63) is 0 Å². The highest BCUT2D eigenvalue weighted by atomic mass is 127. The van der Waals surface area contributed by atoms with Gasteiger partial charge in [-0.15, -0.1) is 24.0 Å². The molecule has 0 aliphatic rings. The van der Waals surface area contributed by atoms with Crippen LogP contribution in [0.4, 0.5) is 9.59 Å². The number of ether oxygens (including phenoxy) is 2. The van der Waals surface area contributed by atoms with Crippen molar-refractivity contribution in [2.75, 3.05) is 40.3 Å². The Kier molecular flexibility index (Phi) is 14.9. The van der Waals surface area contributed by atoms with Gasteiger partial charge in [-0.2, -0.15) is 0 Å². The third-order valence-electron chi connectivity index (χ3n) is 3.45. The van der Waals surface area contributed by atoms with E-state index in [1.165, 1.54) is 0 Å². The fourth-order valence-electron chi connectivity index (χ4n) is 2.24. The second kappa shape index (κ2) is 14.5. The van der Waals surface area contributed by atoms with E-state index >= 15 is 0 Å². The van der Waals surface area contributed by atoms with Gasteiger partial charge >= 0.3 is 12.2 Å². The predicted octanol–water partition coefficient (Wildman–Crippen LogP) is 3.19. The van der Waals surface area contributed by atoms with Gasteiger partial charge in [-0.25, -0.2) is 9.59 Å². The zero-order valence-electron chi connectivity index (χ0n) is 20.0. The molecule has 3 N–H and O–H groups in total. The van der Waals surface area contributed by atoms with Gasteiger partial charge in [0.15, 0.2) is 5.96 Å². The molecule has 0 bridgehead atoms. The molecule has 9 nitrogen and oxygen atoms in total. The fourth-order valence-corrected chi connectivity index (χ4v) is 2.24. The Hall–Kier alpha value is -1.46. The number of hydrogen-bond donors (Lipinski definition) is 3. The van der Waals surface area contributed by atoms with E-state index in [0.29, 0.717) is 32.1 Å². The fraction of sp³-hybridized carbons (Fsp3) is 0.850. The summed E-state index contributed by atoms with van der Waals surface area (Å²) in [5.41, 5.74) is -1.00. The molecule has 0 aromatic rings. The highest BCUT2D eigenvalue weighted by molar-refractivity contribution is 14.0. The number of alkyl carbamates (subject to hydrolysis) is 1. The molecule has 1 unspecified atom stereocenters. The molecular formula is C20H42IN5O4. The quantitative estimate of drug-likeness (QED) is 0.188. The number of amides is 2. The SMILES string of the molecule is CN=C(NCCCNC(=O)OC(C)(C)C)NCC(C)CN(C)C(=O)OC(C)(C)C.I. The number of nitrogens with zero attached hydrogens (tertiary/aromatic N) is 2. The van der Waals surface area contributed by atoms with Gasteiger partial charge in [-0.1, -0.05) is 6.92 Å². The minimum Gasteiger partial charge on any atom is -0.444 e. The molecule has 10 heteroatoms. The maximum absolute atomic E-state index is 12.0. The van der Waals surface area contributed by atoms with Crippen molar-refractivity contribution >= 4 is 42.1 Å². The first-order valence-corrected chi connectivity index (χ1v) is 10.1. The van der Waals surface area contributed by atoms with Gasteiger partial charge in [0, 0.05) is 40.3 Å². The molecule has 0 fully saturated rings. The van der Waals surface area contributed by atoms with E-state index in [0.717, 1.165) is 6.42 Å². The van der Waals surface area contributed by atoms with Crippen molar-refractivity contribution in [1.82, 2.24) is 20.9 Å². The van der Waals surface area contributed by atoms with Gasteiger partial charge in [-0.05, 0) is 53.9 Å². The topological polar surface area (TPSA) is 104 Å². The van der Waals surface area contributed by atoms with E-state index in [9.17, 15) is 9.59 Å². The number of aliphatic imine (C=N–C) groups is 1. The van der Waals surface area contributed by atoms with Crippen molar-refractivity contribution in [3.8, 4) is 0 Å². The zero-order valence-corrected chi connectivity index (χ0v) is 22.4. The molecule has 0 aromatic heterocycles. The van der Waals surface area contributed by atoms with E-state index in [4.69, 9.17) is 9.47 Å². The molecule has 0 aromatic carbocycles. The van der Waals surface area contributed by atoms with Gasteiger partial charge in [0.1, 0.15) is 11.2 Å². The summed E-state index contributed by atoms with van der Waals surface area (Å²) >= 11 is 0. The smallest absolute Gasteiger partial charge is 0.410 e. The van der Waals surface area contributed by atoms with Crippen molar-refractivity contribution in [1.29, 1.82) is 0 Å². The van der Waals surface area contributed by atoms with Gasteiger partial charge in [0.25, 0.3) is 0 Å². The first kappa shape index (κ1) is 30.7. The molecular weight excluding hydrogens is 501 g/mol. The molecule has 178 valence electrons. The van der Waals surface area contributed by atoms with Crippen LogP contribution in [0.1, 0.15) is 54.9 Å². The lowest BCUT2D eigenvalue weighted by Gasteiger charge is -2.26. The number of guanidine groups is 1. The van der Waals surface area contributed by atoms with E-state index < -0.39 is 17.3 Å². The third-order valence-corrected chi connectivity index (χ3v) is 3.45. The Labute approximate surface area is 199 Å². The normalized spacial score (nSPS) is 12.9. The summed E-state index contributed by atoms with van der Waals surface area (Å²) in [6.07, 6.45) is -0.0102. The van der Waals surface area contributed by atoms with Crippen molar-refractivity contribution in [3.63, 3.8) is 0 Å². The Bertz CT molecular complexity index is 544. The van der Waals surface area contributed by atoms with Crippen LogP contribution in [0, 0.1) is 5.92 Å². The van der Waals surface area contributed by atoms with Crippen LogP contribution in [0.2, 0.25) is 0 Å². The highest BCUT2D eigenvalue weighted by Crippen LogP contribution is 2.10. The minimum absolute atomic E-state index is 0. The molecule has 0 saturated carbocycles. The number of halogens is 1. The maximum atomic E-state index is 12.0. The van der Waals surface area contributed by atoms with Crippen LogP contribution < -0.4 is 16.0 Å². The number of rotatable bonds is 8. The standard InChI is InChI=1S/C20H41N5O4.HI/c1-15(14-25(9)18(27)29-20(5,6)7)13-24-16(21-8)22-11-10-12-23-17(26)28-19(2,3)4;/h15H,10-14H2,1-9H3,(H,23,26)(H2,21,22,24);1H. The lowest BCUT2D eigenvalue weighted by atomic mass is 10.1. The van der Waals surface area contributed by atoms with Crippen LogP contribution >= 0.6 is 24.0 Å². The first-order chi connectivity index (χ1) is 13.2. The summed E-state index contributed by atoms with van der Waals surface area (Å²) in [6.45, 7) is 15.5. The van der Waals surface area contributed by atoms with E-state index in [2.05, 4.69) is 20.9 Å². The number of carbonyl (C=O) groups excluding carboxylic acids is 2. The molecule has 0 aliphatic carbocycles. The molecule has 30 heavy (non-hydrogen) atoms. The summed E-state index contributed by atoms with van der Waals surface area (Å²) in [5.74, 6) is 0.883. The molecule has 2 amide bonds. The average molecular weight is 543 g/mol. The van der Waals surface area contributed by atoms with Crippen molar-refractivity contribution < 1.29 is 19.1 Å². The van der Waals surface area contributed by atoms with E-state index in [1.54, 1.807) is 19.0 Å². The lowest BCUT2D eigenvalue weighted by Crippen LogP contribution is -2.43. The van der Waals surface area contributed by atoms with Crippen LogP contribution in [0.25, 0.3) is 0 Å². The van der Waals surface area contributed by atoms with Crippen LogP contribution in [0.5, 0.6) is 0 Å². The second-order valence-electron chi connectivity index (χ2n) is 9.13. The first-order valence-electron chi connectivity index (χ1n) is 10.1. The summed E-state index contributed by atoms with van der Waals surface area (Å²) in [7, 11) is 3.43. The lowest BCUT2D eigenvalue weighted by molar-refractivity contribution is 0.0277. The Balaban J connectivity index is 0. The molecule has 0 spiro atoms. The van der Waals surface area contributed by atoms with Gasteiger partial charge < -0.3 is 30.3 Å². The minimum atomic E-state index is -0.503. The Morgan fingerprint density at radius 2 is 1.50 bits per heavy atom. The van der Waals surface area contributed by atoms with E-state index in [-0.39, 0.29) is 36.0 Å². The van der Waals surface area contributed by atoms with Crippen LogP contribution in [0.15, 0.2) is 4.99 Å². The summed E-state index contributed by atoms with van der Waals surface area (Å²) in [4.78, 5) is 29.4. The summed E-state index contributed by atoms with van der Waals surface area (Å²) in [5, 5.41) is 9.15. The second-order valence-corrected chi connectivity index (χ2v) is 9.13. The Morgan fingerprint density at radius 3 is 2.00 bits per heavy atom. The molecule has 0 heterocycles. The largest absolute Gasteiger partial charge is 0.444 e. The molecule has 0 radical (unpaired) electrons. The molecule has 0 saturated heterocycles. The van der Waals surface area contributed by atoms with Gasteiger partial charge in [-0.3, -0.25) is 4.99 Å². The molecule has 0 aliphatic heterocycles. The van der Waals surface area contributed by atoms with Crippen LogP contribution in [-0.2, 0) is 9.47 Å². The van der Waals surface area contributed by atoms with Crippen LogP contribution in [-0.4, -0.2) is 74.5 Å². The number of hydrogen-bond acceptors (Lipinski definition) is 5. The van der Waals surface area contributed by atoms with Crippen molar-refractivity contribution in [2.45, 2.75) is 66.1 Å². The summed E-state index contributed by atoms with van der Waals surface area (Å²) < 4.78 is 10.5. The number of carbonyl (C=O) groups is 2. The third kappa shape index (κ3) is 17.4. The van der Waals surface area contributed by atoms with Crippen molar-refractivity contribution in [2.24, 2.45) is 10.9 Å². The highest BCUT2D eigenvalue weighted by Gasteiger charge is 2.20. The van der Waals surface area contributed by atoms with Gasteiger partial charge in [0.05, 0.1) is 0 Å². The number of nitrogens with one attached hydrogen (secondary N) is 3. The van der Waals surface area contributed by atoms with E-state index in [1.807, 2.05) is 48.5 Å². The van der Waals surface area contributed by atoms with Crippen LogP contribution in [0.3, 0.4) is 0 Å². The zero-order chi connectivity index (χ0) is 22.7. The molecule has 0 rings (SSSR count). The Morgan fingerprint density at radius 1 is 0.967 bits per heavy atom. The summed E-state index contributed by atoms with van der Waals surface area (Å²) in [6, 6.07) is 0. The van der Waals surface area contributed by atoms with Gasteiger partial charge in [0.2, 0.25) is 0 Å². The average Bonchev–Trinajstić information content (AvgIpc) is 2.54.